The van der Waals surface area contributed by atoms with Crippen molar-refractivity contribution >= 4 is 47.7 Å². The third kappa shape index (κ3) is 9.42. The molecule has 4 nitrogen and oxygen atoms in total. The van der Waals surface area contributed by atoms with E-state index in [9.17, 15) is 9.59 Å². The zero-order valence-corrected chi connectivity index (χ0v) is 24.4. The summed E-state index contributed by atoms with van der Waals surface area (Å²) in [6.07, 6.45) is 10.5. The second kappa shape index (κ2) is 16.5. The molecule has 0 aromatic carbocycles. The van der Waals surface area contributed by atoms with Crippen LogP contribution in [0.1, 0.15) is 78.0 Å². The van der Waals surface area contributed by atoms with Gasteiger partial charge >= 0.3 is 204 Å². The van der Waals surface area contributed by atoms with Crippen molar-refractivity contribution in [2.75, 3.05) is 13.2 Å². The molecule has 1 aromatic heterocycles. The molecule has 1 aromatic rings. The molecule has 180 valence electrons. The zero-order chi connectivity index (χ0) is 23.8. The molecule has 1 rings (SSSR count). The molecule has 32 heavy (non-hydrogen) atoms. The summed E-state index contributed by atoms with van der Waals surface area (Å²) in [6, 6.07) is 3.94. The normalized spacial score (nSPS) is 12.7. The van der Waals surface area contributed by atoms with Crippen molar-refractivity contribution in [1.82, 2.24) is 0 Å². The Bertz CT molecular complexity index is 715. The third-order valence-corrected chi connectivity index (χ3v) is 22.0. The molecule has 0 aliphatic carbocycles. The number of hydrogen-bond donors (Lipinski definition) is 0. The van der Waals surface area contributed by atoms with Crippen LogP contribution in [0.15, 0.2) is 32.8 Å². The summed E-state index contributed by atoms with van der Waals surface area (Å²) >= 11 is -1.57. The van der Waals surface area contributed by atoms with Gasteiger partial charge in [0.1, 0.15) is 0 Å². The van der Waals surface area contributed by atoms with Gasteiger partial charge in [-0.15, -0.1) is 0 Å². The molecule has 0 N–H and O–H groups in total. The molecule has 0 unspecified atom stereocenters. The van der Waals surface area contributed by atoms with Gasteiger partial charge in [-0.25, -0.2) is 0 Å². The Kier molecular flexibility index (Phi) is 14.9. The first-order chi connectivity index (χ1) is 15.5. The van der Waals surface area contributed by atoms with E-state index in [1.54, 1.807) is 11.3 Å². The van der Waals surface area contributed by atoms with Crippen LogP contribution in [-0.2, 0) is 19.1 Å². The Balaban J connectivity index is 3.68. The minimum absolute atomic E-state index is 0.215. The number of ether oxygens (including phenoxy) is 2. The number of esters is 2. The van der Waals surface area contributed by atoms with E-state index in [-0.39, 0.29) is 11.9 Å². The van der Waals surface area contributed by atoms with E-state index in [1.165, 1.54) is 0 Å². The second-order valence-corrected chi connectivity index (χ2v) is 22.3. The number of carbonyl (C=O) groups is 2. The first-order valence-corrected chi connectivity index (χ1v) is 20.7. The van der Waals surface area contributed by atoms with Crippen LogP contribution >= 0.6 is 11.3 Å². The van der Waals surface area contributed by atoms with E-state index in [0.29, 0.717) is 18.8 Å². The molecule has 0 atom stereocenters. The maximum absolute atomic E-state index is 13.4. The standard InChI is InChI=1S/C14H15O4S.3C4H9.Sn/c1-3-17-13(15)8-7-11(14(16)18-4-2)10-12-6-5-9-19-12;3*1-3-4-2;/h5-7,9-10H,3-4H2,1-2H3;3*1,3-4H2,2H3;/b8-7?,11-10+;;;;. The topological polar surface area (TPSA) is 52.6 Å². The van der Waals surface area contributed by atoms with Gasteiger partial charge in [-0.3, -0.25) is 0 Å². The first-order valence-electron chi connectivity index (χ1n) is 12.3. The number of thiophene rings is 1. The molecule has 0 aliphatic rings. The first kappa shape index (κ1) is 29.0. The molecule has 0 amide bonds. The Hall–Kier alpha value is -1.08. The van der Waals surface area contributed by atoms with Gasteiger partial charge in [0, 0.05) is 0 Å². The van der Waals surface area contributed by atoms with Gasteiger partial charge in [-0.1, -0.05) is 0 Å². The van der Waals surface area contributed by atoms with Gasteiger partial charge in [0.2, 0.25) is 0 Å². The van der Waals surface area contributed by atoms with Crippen molar-refractivity contribution in [3.63, 3.8) is 0 Å². The molecule has 0 fully saturated rings. The number of carbonyl (C=O) groups excluding carboxylic acids is 2. The van der Waals surface area contributed by atoms with Crippen molar-refractivity contribution in [2.45, 2.75) is 86.5 Å². The molecule has 0 bridgehead atoms. The van der Waals surface area contributed by atoms with Gasteiger partial charge in [0.15, 0.2) is 0 Å². The predicted octanol–water partition coefficient (Wildman–Crippen LogP) is 7.57. The monoisotopic (exact) mass is 570 g/mol. The summed E-state index contributed by atoms with van der Waals surface area (Å²) in [7, 11) is 0. The van der Waals surface area contributed by atoms with Crippen LogP contribution in [0.5, 0.6) is 0 Å². The summed E-state index contributed by atoms with van der Waals surface area (Å²) in [5.74, 6) is -0.586. The molecule has 0 spiro atoms. The van der Waals surface area contributed by atoms with Gasteiger partial charge in [0.25, 0.3) is 0 Å². The number of unbranched alkanes of at least 4 members (excludes halogenated alkanes) is 3. The van der Waals surface area contributed by atoms with E-state index in [1.807, 2.05) is 43.5 Å². The summed E-state index contributed by atoms with van der Waals surface area (Å²) in [5.41, 5.74) is 0.461. The minimum atomic E-state index is -3.14. The van der Waals surface area contributed by atoms with Crippen LogP contribution in [0.25, 0.3) is 6.08 Å². The Morgan fingerprint density at radius 2 is 1.41 bits per heavy atom. The Morgan fingerprint density at radius 3 is 1.84 bits per heavy atom. The summed E-state index contributed by atoms with van der Waals surface area (Å²) in [4.78, 5) is 27.3. The molecule has 0 saturated heterocycles. The summed E-state index contributed by atoms with van der Waals surface area (Å²) in [6.45, 7) is 10.9. The maximum atomic E-state index is 13.4. The Labute approximate surface area is 203 Å². The SMILES string of the molecule is CCC[CH2][Sn]([CH2]CCC)([CH2]CCC)/[C](=C\C(=C/c1cccs1)C(=O)OCC)C(=O)OCC. The van der Waals surface area contributed by atoms with Crippen molar-refractivity contribution in [3.8, 4) is 0 Å². The van der Waals surface area contributed by atoms with Crippen molar-refractivity contribution in [2.24, 2.45) is 0 Å². The summed E-state index contributed by atoms with van der Waals surface area (Å²) < 4.78 is 15.2. The predicted molar refractivity (Wildman–Crippen MR) is 139 cm³/mol. The van der Waals surface area contributed by atoms with Crippen molar-refractivity contribution in [1.29, 1.82) is 0 Å². The fourth-order valence-electron chi connectivity index (χ4n) is 4.02. The van der Waals surface area contributed by atoms with Gasteiger partial charge in [-0.05, 0) is 0 Å². The molecule has 0 aliphatic heterocycles. The van der Waals surface area contributed by atoms with Crippen LogP contribution in [0, 0.1) is 0 Å². The molecule has 1 heterocycles. The van der Waals surface area contributed by atoms with Crippen LogP contribution in [0.3, 0.4) is 0 Å². The molecule has 0 radical (unpaired) electrons. The third-order valence-electron chi connectivity index (χ3n) is 5.75. The molecule has 0 saturated carbocycles. The van der Waals surface area contributed by atoms with Gasteiger partial charge in [-0.2, -0.15) is 0 Å². The Morgan fingerprint density at radius 1 is 0.875 bits per heavy atom. The average molecular weight is 569 g/mol. The van der Waals surface area contributed by atoms with E-state index < -0.39 is 18.4 Å². The fraction of sp³-hybridized carbons (Fsp3) is 0.615. The summed E-state index contributed by atoms with van der Waals surface area (Å²) in [5, 5.41) is 1.98. The zero-order valence-electron chi connectivity index (χ0n) is 20.7. The van der Waals surface area contributed by atoms with Crippen LogP contribution in [0.2, 0.25) is 13.3 Å². The van der Waals surface area contributed by atoms with E-state index in [0.717, 1.165) is 60.3 Å². The van der Waals surface area contributed by atoms with Crippen LogP contribution in [-0.4, -0.2) is 43.5 Å². The van der Waals surface area contributed by atoms with Crippen molar-refractivity contribution in [3.05, 3.63) is 37.6 Å². The van der Waals surface area contributed by atoms with Crippen LogP contribution in [0.4, 0.5) is 0 Å². The van der Waals surface area contributed by atoms with E-state index >= 15 is 0 Å². The number of rotatable bonds is 16. The van der Waals surface area contributed by atoms with Crippen LogP contribution < -0.4 is 0 Å². The second-order valence-electron chi connectivity index (χ2n) is 8.21. The number of hydrogen-bond acceptors (Lipinski definition) is 5. The molecular weight excluding hydrogens is 527 g/mol. The average Bonchev–Trinajstić information content (AvgIpc) is 3.30. The van der Waals surface area contributed by atoms with Gasteiger partial charge < -0.3 is 0 Å². The van der Waals surface area contributed by atoms with Gasteiger partial charge in [0.05, 0.1) is 0 Å². The molecule has 6 heteroatoms. The quantitative estimate of drug-likeness (QED) is 0.0892. The van der Waals surface area contributed by atoms with E-state index in [4.69, 9.17) is 9.47 Å². The van der Waals surface area contributed by atoms with E-state index in [2.05, 4.69) is 20.8 Å². The van der Waals surface area contributed by atoms with Crippen molar-refractivity contribution < 1.29 is 19.1 Å². The molecular formula is C26H42O4SSn. The fourth-order valence-corrected chi connectivity index (χ4v) is 20.7.